The Hall–Kier alpha value is -0.0800. The van der Waals surface area contributed by atoms with Crippen molar-refractivity contribution in [2.75, 3.05) is 13.7 Å². The molecule has 1 saturated heterocycles. The van der Waals surface area contributed by atoms with Gasteiger partial charge in [-0.3, -0.25) is 0 Å². The second kappa shape index (κ2) is 8.08. The van der Waals surface area contributed by atoms with Crippen LogP contribution in [0.3, 0.4) is 0 Å². The molecule has 2 unspecified atom stereocenters. The van der Waals surface area contributed by atoms with Gasteiger partial charge in [-0.25, -0.2) is 0 Å². The monoisotopic (exact) mass is 227 g/mol. The van der Waals surface area contributed by atoms with Gasteiger partial charge in [-0.15, -0.1) is 0 Å². The van der Waals surface area contributed by atoms with Crippen molar-refractivity contribution in [3.63, 3.8) is 0 Å². The topological polar surface area (TPSA) is 21.3 Å². The Balaban J connectivity index is 2.26. The molecule has 0 aliphatic carbocycles. The Morgan fingerprint density at radius 1 is 1.25 bits per heavy atom. The Morgan fingerprint density at radius 2 is 2.00 bits per heavy atom. The summed E-state index contributed by atoms with van der Waals surface area (Å²) < 4.78 is 5.79. The molecule has 1 aliphatic heterocycles. The number of rotatable bonds is 7. The molecule has 0 saturated carbocycles. The lowest BCUT2D eigenvalue weighted by Crippen LogP contribution is -2.34. The Morgan fingerprint density at radius 3 is 2.50 bits per heavy atom. The molecule has 16 heavy (non-hydrogen) atoms. The average molecular weight is 227 g/mol. The predicted octanol–water partition coefficient (Wildman–Crippen LogP) is 3.36. The molecule has 0 amide bonds. The largest absolute Gasteiger partial charge is 0.378 e. The molecule has 2 atom stereocenters. The molecule has 0 radical (unpaired) electrons. The van der Waals surface area contributed by atoms with Crippen molar-refractivity contribution in [1.29, 1.82) is 0 Å². The first-order chi connectivity index (χ1) is 7.81. The summed E-state index contributed by atoms with van der Waals surface area (Å²) in [5, 5.41) is 3.49. The average Bonchev–Trinajstić information content (AvgIpc) is 2.35. The van der Waals surface area contributed by atoms with Crippen LogP contribution in [-0.4, -0.2) is 25.8 Å². The van der Waals surface area contributed by atoms with Gasteiger partial charge in [-0.05, 0) is 45.1 Å². The molecule has 0 bridgehead atoms. The second-order valence-corrected chi connectivity index (χ2v) is 5.04. The van der Waals surface area contributed by atoms with Crippen molar-refractivity contribution < 1.29 is 4.74 Å². The Bertz CT molecular complexity index is 162. The summed E-state index contributed by atoms with van der Waals surface area (Å²) in [6.45, 7) is 5.59. The van der Waals surface area contributed by atoms with E-state index in [1.165, 1.54) is 44.9 Å². The van der Waals surface area contributed by atoms with Crippen LogP contribution >= 0.6 is 0 Å². The first-order valence-electron chi connectivity index (χ1n) is 7.10. The molecule has 0 aromatic rings. The van der Waals surface area contributed by atoms with Gasteiger partial charge in [-0.1, -0.05) is 26.7 Å². The highest BCUT2D eigenvalue weighted by molar-refractivity contribution is 4.75. The summed E-state index contributed by atoms with van der Waals surface area (Å²) in [6.07, 6.45) is 9.52. The van der Waals surface area contributed by atoms with Gasteiger partial charge in [0.2, 0.25) is 0 Å². The summed E-state index contributed by atoms with van der Waals surface area (Å²) in [7, 11) is 2.10. The van der Waals surface area contributed by atoms with Crippen molar-refractivity contribution in [2.24, 2.45) is 5.92 Å². The molecule has 2 heteroatoms. The van der Waals surface area contributed by atoms with E-state index in [1.807, 2.05) is 0 Å². The minimum atomic E-state index is 0.541. The highest BCUT2D eigenvalue weighted by Gasteiger charge is 2.20. The maximum atomic E-state index is 5.79. The normalized spacial score (nSPS) is 23.6. The zero-order chi connectivity index (χ0) is 11.8. The fourth-order valence-electron chi connectivity index (χ4n) is 2.87. The van der Waals surface area contributed by atoms with Crippen LogP contribution in [0.2, 0.25) is 0 Å². The SMILES string of the molecule is CCC(CC)C(CCC1CCCCO1)NC. The number of hydrogen-bond donors (Lipinski definition) is 1. The molecular weight excluding hydrogens is 198 g/mol. The fraction of sp³-hybridized carbons (Fsp3) is 1.00. The van der Waals surface area contributed by atoms with E-state index >= 15 is 0 Å². The Kier molecular flexibility index (Phi) is 7.06. The van der Waals surface area contributed by atoms with Crippen molar-refractivity contribution in [1.82, 2.24) is 5.32 Å². The highest BCUT2D eigenvalue weighted by atomic mass is 16.5. The lowest BCUT2D eigenvalue weighted by Gasteiger charge is -2.28. The maximum Gasteiger partial charge on any atom is 0.0575 e. The molecule has 1 aliphatic rings. The van der Waals surface area contributed by atoms with Gasteiger partial charge in [0.15, 0.2) is 0 Å². The van der Waals surface area contributed by atoms with E-state index in [4.69, 9.17) is 4.74 Å². The van der Waals surface area contributed by atoms with Crippen LogP contribution in [0.25, 0.3) is 0 Å². The van der Waals surface area contributed by atoms with Crippen LogP contribution in [0.5, 0.6) is 0 Å². The molecule has 1 fully saturated rings. The summed E-state index contributed by atoms with van der Waals surface area (Å²) in [4.78, 5) is 0. The minimum absolute atomic E-state index is 0.541. The van der Waals surface area contributed by atoms with Crippen LogP contribution < -0.4 is 5.32 Å². The number of nitrogens with one attached hydrogen (secondary N) is 1. The van der Waals surface area contributed by atoms with Crippen molar-refractivity contribution >= 4 is 0 Å². The Labute approximate surface area is 101 Å². The lowest BCUT2D eigenvalue weighted by atomic mass is 9.89. The molecule has 1 rings (SSSR count). The van der Waals surface area contributed by atoms with Crippen molar-refractivity contribution in [3.05, 3.63) is 0 Å². The van der Waals surface area contributed by atoms with E-state index in [2.05, 4.69) is 26.2 Å². The van der Waals surface area contributed by atoms with Crippen LogP contribution in [-0.2, 0) is 4.74 Å². The summed E-state index contributed by atoms with van der Waals surface area (Å²) >= 11 is 0. The van der Waals surface area contributed by atoms with Crippen LogP contribution in [0.1, 0.15) is 58.8 Å². The molecule has 96 valence electrons. The van der Waals surface area contributed by atoms with E-state index in [-0.39, 0.29) is 0 Å². The molecule has 1 heterocycles. The quantitative estimate of drug-likeness (QED) is 0.720. The van der Waals surface area contributed by atoms with Gasteiger partial charge in [0.1, 0.15) is 0 Å². The van der Waals surface area contributed by atoms with Crippen molar-refractivity contribution in [3.8, 4) is 0 Å². The van der Waals surface area contributed by atoms with E-state index in [0.717, 1.165) is 12.5 Å². The van der Waals surface area contributed by atoms with Gasteiger partial charge in [0, 0.05) is 12.6 Å². The number of hydrogen-bond acceptors (Lipinski definition) is 2. The first kappa shape index (κ1) is 14.0. The molecule has 2 nitrogen and oxygen atoms in total. The standard InChI is InChI=1S/C14H29NO/c1-4-12(5-2)14(15-3)10-9-13-8-6-7-11-16-13/h12-15H,4-11H2,1-3H3. The molecular formula is C14H29NO. The summed E-state index contributed by atoms with van der Waals surface area (Å²) in [5.41, 5.74) is 0. The lowest BCUT2D eigenvalue weighted by molar-refractivity contribution is 0.00754. The first-order valence-corrected chi connectivity index (χ1v) is 7.10. The van der Waals surface area contributed by atoms with Gasteiger partial charge >= 0.3 is 0 Å². The highest BCUT2D eigenvalue weighted by Crippen LogP contribution is 2.22. The van der Waals surface area contributed by atoms with Crippen molar-refractivity contribution in [2.45, 2.75) is 70.9 Å². The predicted molar refractivity (Wildman–Crippen MR) is 69.7 cm³/mol. The summed E-state index contributed by atoms with van der Waals surface area (Å²) in [5.74, 6) is 0.827. The fourth-order valence-corrected chi connectivity index (χ4v) is 2.87. The molecule has 0 spiro atoms. The number of ether oxygens (including phenoxy) is 1. The van der Waals surface area contributed by atoms with Gasteiger partial charge in [-0.2, -0.15) is 0 Å². The minimum Gasteiger partial charge on any atom is -0.378 e. The molecule has 0 aromatic heterocycles. The second-order valence-electron chi connectivity index (χ2n) is 5.04. The third-order valence-corrected chi connectivity index (χ3v) is 4.06. The molecule has 0 aromatic carbocycles. The van der Waals surface area contributed by atoms with Gasteiger partial charge in [0.05, 0.1) is 6.10 Å². The van der Waals surface area contributed by atoms with Gasteiger partial charge in [0.25, 0.3) is 0 Å². The van der Waals surface area contributed by atoms with E-state index < -0.39 is 0 Å². The van der Waals surface area contributed by atoms with E-state index in [1.54, 1.807) is 0 Å². The van der Waals surface area contributed by atoms with E-state index in [0.29, 0.717) is 12.1 Å². The smallest absolute Gasteiger partial charge is 0.0575 e. The third kappa shape index (κ3) is 4.42. The summed E-state index contributed by atoms with van der Waals surface area (Å²) in [6, 6.07) is 0.681. The van der Waals surface area contributed by atoms with Crippen LogP contribution in [0.15, 0.2) is 0 Å². The van der Waals surface area contributed by atoms with Crippen LogP contribution in [0, 0.1) is 5.92 Å². The molecule has 1 N–H and O–H groups in total. The zero-order valence-corrected chi connectivity index (χ0v) is 11.3. The van der Waals surface area contributed by atoms with Crippen LogP contribution in [0.4, 0.5) is 0 Å². The zero-order valence-electron chi connectivity index (χ0n) is 11.3. The maximum absolute atomic E-state index is 5.79. The van der Waals surface area contributed by atoms with E-state index in [9.17, 15) is 0 Å². The third-order valence-electron chi connectivity index (χ3n) is 4.06. The van der Waals surface area contributed by atoms with Gasteiger partial charge < -0.3 is 10.1 Å².